The van der Waals surface area contributed by atoms with Crippen LogP contribution in [-0.4, -0.2) is 25.3 Å². The van der Waals surface area contributed by atoms with Crippen LogP contribution in [0.3, 0.4) is 0 Å². The fourth-order valence-corrected chi connectivity index (χ4v) is 5.44. The van der Waals surface area contributed by atoms with E-state index >= 15 is 0 Å². The molecule has 0 saturated carbocycles. The molecule has 25 heavy (non-hydrogen) atoms. The van der Waals surface area contributed by atoms with Crippen molar-refractivity contribution in [1.82, 2.24) is 4.31 Å². The monoisotopic (exact) mass is 351 g/mol. The molecule has 0 fully saturated rings. The summed E-state index contributed by atoms with van der Waals surface area (Å²) in [4.78, 5) is 0.365. The molecule has 3 unspecified atom stereocenters. The van der Waals surface area contributed by atoms with E-state index < -0.39 is 10.0 Å². The van der Waals surface area contributed by atoms with Gasteiger partial charge in [0.1, 0.15) is 0 Å². The molecule has 0 radical (unpaired) electrons. The second-order valence-corrected chi connectivity index (χ2v) is 8.61. The Morgan fingerprint density at radius 3 is 2.24 bits per heavy atom. The van der Waals surface area contributed by atoms with Gasteiger partial charge in [-0.1, -0.05) is 73.7 Å². The molecule has 0 N–H and O–H groups in total. The van der Waals surface area contributed by atoms with Crippen LogP contribution in [-0.2, 0) is 10.0 Å². The lowest BCUT2D eigenvalue weighted by Gasteiger charge is -2.37. The van der Waals surface area contributed by atoms with Crippen molar-refractivity contribution in [3.05, 3.63) is 84.5 Å². The molecular formula is C21H21NO2S. The molecular weight excluding hydrogens is 330 g/mol. The number of nitrogens with zero attached hydrogens (tertiary/aromatic N) is 1. The Morgan fingerprint density at radius 1 is 0.920 bits per heavy atom. The van der Waals surface area contributed by atoms with E-state index in [1.165, 1.54) is 11.1 Å². The topological polar surface area (TPSA) is 37.4 Å². The van der Waals surface area contributed by atoms with E-state index in [9.17, 15) is 8.42 Å². The number of fused-ring (bicyclic) bond motifs is 2. The summed E-state index contributed by atoms with van der Waals surface area (Å²) in [7, 11) is -3.51. The first-order valence-corrected chi connectivity index (χ1v) is 10.0. The Labute approximate surface area is 149 Å². The molecule has 3 atom stereocenters. The predicted molar refractivity (Wildman–Crippen MR) is 100 cm³/mol. The number of rotatable bonds is 3. The first-order valence-electron chi connectivity index (χ1n) is 8.60. The SMILES string of the molecule is CC1C=CC2CN(S(=O)(=O)c3ccccc3)C1C=C2c1ccccc1. The average molecular weight is 351 g/mol. The van der Waals surface area contributed by atoms with Gasteiger partial charge in [-0.2, -0.15) is 4.31 Å². The van der Waals surface area contributed by atoms with Crippen molar-refractivity contribution >= 4 is 15.6 Å². The van der Waals surface area contributed by atoms with E-state index in [-0.39, 0.29) is 17.9 Å². The summed E-state index contributed by atoms with van der Waals surface area (Å²) in [6.45, 7) is 2.57. The average Bonchev–Trinajstić information content (AvgIpc) is 2.92. The van der Waals surface area contributed by atoms with Gasteiger partial charge >= 0.3 is 0 Å². The van der Waals surface area contributed by atoms with Crippen molar-refractivity contribution in [3.8, 4) is 0 Å². The van der Waals surface area contributed by atoms with E-state index in [2.05, 4.69) is 37.3 Å². The first-order chi connectivity index (χ1) is 12.1. The highest BCUT2D eigenvalue weighted by molar-refractivity contribution is 7.89. The third-order valence-electron chi connectivity index (χ3n) is 5.10. The molecule has 3 nitrogen and oxygen atoms in total. The van der Waals surface area contributed by atoms with Crippen molar-refractivity contribution < 1.29 is 8.42 Å². The predicted octanol–water partition coefficient (Wildman–Crippen LogP) is 3.97. The maximum absolute atomic E-state index is 13.2. The highest BCUT2D eigenvalue weighted by Gasteiger charge is 2.40. The zero-order valence-corrected chi connectivity index (χ0v) is 14.9. The van der Waals surface area contributed by atoms with Gasteiger partial charge in [0, 0.05) is 18.5 Å². The van der Waals surface area contributed by atoms with Crippen molar-refractivity contribution in [3.63, 3.8) is 0 Å². The molecule has 2 heterocycles. The largest absolute Gasteiger partial charge is 0.243 e. The summed E-state index contributed by atoms with van der Waals surface area (Å²) in [6, 6.07) is 18.8. The Morgan fingerprint density at radius 2 is 1.56 bits per heavy atom. The zero-order valence-electron chi connectivity index (χ0n) is 14.1. The maximum atomic E-state index is 13.2. The van der Waals surface area contributed by atoms with Crippen LogP contribution >= 0.6 is 0 Å². The summed E-state index contributed by atoms with van der Waals surface area (Å²) in [5, 5.41) is 0. The van der Waals surface area contributed by atoms with Gasteiger partial charge in [0.15, 0.2) is 0 Å². The van der Waals surface area contributed by atoms with E-state index in [0.717, 1.165) is 0 Å². The lowest BCUT2D eigenvalue weighted by atomic mass is 9.88. The Balaban J connectivity index is 1.78. The molecule has 0 spiro atoms. The quantitative estimate of drug-likeness (QED) is 0.785. The molecule has 0 saturated heterocycles. The van der Waals surface area contributed by atoms with Crippen LogP contribution in [0.15, 0.2) is 83.8 Å². The van der Waals surface area contributed by atoms with E-state index in [4.69, 9.17) is 0 Å². The van der Waals surface area contributed by atoms with Gasteiger partial charge in [-0.25, -0.2) is 8.42 Å². The molecule has 4 heteroatoms. The van der Waals surface area contributed by atoms with Crippen molar-refractivity contribution in [2.45, 2.75) is 17.9 Å². The lowest BCUT2D eigenvalue weighted by Crippen LogP contribution is -2.46. The zero-order chi connectivity index (χ0) is 17.4. The second-order valence-electron chi connectivity index (χ2n) is 6.72. The smallest absolute Gasteiger partial charge is 0.207 e. The third kappa shape index (κ3) is 2.86. The number of hydrogen-bond donors (Lipinski definition) is 0. The van der Waals surface area contributed by atoms with Gasteiger partial charge in [-0.3, -0.25) is 0 Å². The minimum Gasteiger partial charge on any atom is -0.207 e. The van der Waals surface area contributed by atoms with Crippen LogP contribution in [0.25, 0.3) is 5.57 Å². The molecule has 3 aliphatic rings. The Hall–Kier alpha value is -2.17. The minimum absolute atomic E-state index is 0.0853. The van der Waals surface area contributed by atoms with Crippen LogP contribution in [0.5, 0.6) is 0 Å². The fourth-order valence-electron chi connectivity index (χ4n) is 3.73. The van der Waals surface area contributed by atoms with E-state index in [1.807, 2.05) is 24.3 Å². The van der Waals surface area contributed by atoms with Gasteiger partial charge < -0.3 is 0 Å². The number of sulfonamides is 1. The molecule has 0 aromatic heterocycles. The summed E-state index contributed by atoms with van der Waals surface area (Å²) in [5.41, 5.74) is 2.40. The fraction of sp³-hybridized carbons (Fsp3) is 0.238. The van der Waals surface area contributed by atoms with Gasteiger partial charge in [0.2, 0.25) is 10.0 Å². The summed E-state index contributed by atoms with van der Waals surface area (Å²) in [6.07, 6.45) is 6.47. The standard InChI is InChI=1S/C21H21NO2S/c1-16-12-13-18-15-22(25(23,24)19-10-6-3-7-11-19)21(16)14-20(18)17-8-4-2-5-9-17/h2-14,16,18,21H,15H2,1H3. The van der Waals surface area contributed by atoms with Gasteiger partial charge in [-0.15, -0.1) is 0 Å². The molecule has 2 aliphatic heterocycles. The van der Waals surface area contributed by atoms with Gasteiger partial charge in [-0.05, 0) is 29.2 Å². The third-order valence-corrected chi connectivity index (χ3v) is 6.98. The molecule has 2 bridgehead atoms. The highest BCUT2D eigenvalue weighted by atomic mass is 32.2. The maximum Gasteiger partial charge on any atom is 0.243 e. The van der Waals surface area contributed by atoms with E-state index in [1.54, 1.807) is 28.6 Å². The van der Waals surface area contributed by atoms with Crippen LogP contribution in [0.1, 0.15) is 12.5 Å². The first kappa shape index (κ1) is 16.3. The Kier molecular flexibility index (Phi) is 4.10. The van der Waals surface area contributed by atoms with Crippen LogP contribution in [0.2, 0.25) is 0 Å². The lowest BCUT2D eigenvalue weighted by molar-refractivity contribution is 0.308. The van der Waals surface area contributed by atoms with Gasteiger partial charge in [0.05, 0.1) is 4.90 Å². The molecule has 5 rings (SSSR count). The number of benzene rings is 2. The van der Waals surface area contributed by atoms with Crippen LogP contribution in [0, 0.1) is 11.8 Å². The Bertz CT molecular complexity index is 917. The van der Waals surface area contributed by atoms with Crippen LogP contribution < -0.4 is 0 Å². The molecule has 0 amide bonds. The van der Waals surface area contributed by atoms with Gasteiger partial charge in [0.25, 0.3) is 0 Å². The number of hydrogen-bond acceptors (Lipinski definition) is 2. The molecule has 2 aromatic rings. The molecule has 128 valence electrons. The minimum atomic E-state index is -3.51. The van der Waals surface area contributed by atoms with Crippen molar-refractivity contribution in [1.29, 1.82) is 0 Å². The second kappa shape index (κ2) is 6.28. The molecule has 1 aliphatic carbocycles. The summed E-state index contributed by atoms with van der Waals surface area (Å²) in [5.74, 6) is 0.229. The van der Waals surface area contributed by atoms with Crippen molar-refractivity contribution in [2.24, 2.45) is 11.8 Å². The van der Waals surface area contributed by atoms with Crippen LogP contribution in [0.4, 0.5) is 0 Å². The highest BCUT2D eigenvalue weighted by Crippen LogP contribution is 2.39. The summed E-state index contributed by atoms with van der Waals surface area (Å²) < 4.78 is 28.0. The van der Waals surface area contributed by atoms with Crippen molar-refractivity contribution in [2.75, 3.05) is 6.54 Å². The normalized spacial score (nSPS) is 26.3. The molecule has 2 aromatic carbocycles. The van der Waals surface area contributed by atoms with E-state index in [0.29, 0.717) is 11.4 Å². The summed E-state index contributed by atoms with van der Waals surface area (Å²) >= 11 is 0.